The molecule has 0 aliphatic carbocycles. The Morgan fingerprint density at radius 3 is 2.42 bits per heavy atom. The molecule has 0 unspecified atom stereocenters. The summed E-state index contributed by atoms with van der Waals surface area (Å²) in [6.07, 6.45) is 0. The Morgan fingerprint density at radius 2 is 1.89 bits per heavy atom. The highest BCUT2D eigenvalue weighted by atomic mass is 32.1. The molecule has 2 aromatic rings. The second-order valence-electron chi connectivity index (χ2n) is 3.72. The molecule has 1 heterocycles. The zero-order chi connectivity index (χ0) is 13.8. The first kappa shape index (κ1) is 13.1. The van der Waals surface area contributed by atoms with E-state index < -0.39 is 5.97 Å². The largest absolute Gasteiger partial charge is 0.465 e. The van der Waals surface area contributed by atoms with Crippen LogP contribution in [0.1, 0.15) is 20.7 Å². The molecular formula is C13H12N2O3S. The number of carbonyl (C=O) groups excluding carboxylic acids is 2. The maximum Gasteiger partial charge on any atom is 0.337 e. The normalized spacial score (nSPS) is 9.95. The number of esters is 1. The molecule has 3 N–H and O–H groups in total. The van der Waals surface area contributed by atoms with Gasteiger partial charge in [-0.05, 0) is 35.7 Å². The number of hydrogen-bond donors (Lipinski definition) is 2. The number of carbonyl (C=O) groups is 2. The van der Waals surface area contributed by atoms with E-state index in [1.807, 2.05) is 0 Å². The van der Waals surface area contributed by atoms with E-state index in [0.29, 0.717) is 21.8 Å². The van der Waals surface area contributed by atoms with Crippen LogP contribution in [0.2, 0.25) is 0 Å². The zero-order valence-electron chi connectivity index (χ0n) is 10.2. The number of nitrogens with two attached hydrogens (primary N) is 1. The minimum absolute atomic E-state index is 0.274. The highest BCUT2D eigenvalue weighted by Gasteiger charge is 2.11. The number of methoxy groups -OCH3 is 1. The molecule has 0 spiro atoms. The fourth-order valence-corrected chi connectivity index (χ4v) is 2.15. The van der Waals surface area contributed by atoms with Gasteiger partial charge in [-0.1, -0.05) is 0 Å². The molecule has 5 nitrogen and oxygen atoms in total. The minimum atomic E-state index is -0.417. The highest BCUT2D eigenvalue weighted by molar-refractivity contribution is 7.14. The van der Waals surface area contributed by atoms with Crippen LogP contribution in [0.15, 0.2) is 35.7 Å². The first-order valence-electron chi connectivity index (χ1n) is 5.44. The first-order valence-corrected chi connectivity index (χ1v) is 6.32. The Bertz CT molecular complexity index is 605. The van der Waals surface area contributed by atoms with Crippen LogP contribution in [0, 0.1) is 0 Å². The van der Waals surface area contributed by atoms with Crippen LogP contribution in [0.4, 0.5) is 10.7 Å². The summed E-state index contributed by atoms with van der Waals surface area (Å²) in [6, 6.07) is 8.09. The summed E-state index contributed by atoms with van der Waals surface area (Å²) in [5, 5.41) is 4.94. The molecule has 1 aromatic heterocycles. The molecule has 2 rings (SSSR count). The molecule has 98 valence electrons. The molecule has 0 saturated heterocycles. The van der Waals surface area contributed by atoms with Gasteiger partial charge in [-0.15, -0.1) is 11.3 Å². The number of thiophene rings is 1. The fraction of sp³-hybridized carbons (Fsp3) is 0.0769. The van der Waals surface area contributed by atoms with Gasteiger partial charge >= 0.3 is 5.97 Å². The maximum atomic E-state index is 11.9. The maximum absolute atomic E-state index is 11.9. The van der Waals surface area contributed by atoms with Crippen molar-refractivity contribution in [2.24, 2.45) is 0 Å². The summed E-state index contributed by atoms with van der Waals surface area (Å²) in [4.78, 5) is 23.1. The standard InChI is InChI=1S/C13H12N2O3S/c1-18-13(17)8-2-4-9(5-3-8)15-12(16)10-6-7-19-11(10)14/h2-7H,14H2,1H3,(H,15,16). The van der Waals surface area contributed by atoms with Gasteiger partial charge in [0, 0.05) is 5.69 Å². The van der Waals surface area contributed by atoms with Crippen LogP contribution in [-0.4, -0.2) is 19.0 Å². The van der Waals surface area contributed by atoms with Gasteiger partial charge in [-0.2, -0.15) is 0 Å². The minimum Gasteiger partial charge on any atom is -0.465 e. The van der Waals surface area contributed by atoms with Crippen LogP contribution in [0.5, 0.6) is 0 Å². The van der Waals surface area contributed by atoms with E-state index >= 15 is 0 Å². The van der Waals surface area contributed by atoms with Crippen LogP contribution in [-0.2, 0) is 4.74 Å². The molecule has 1 amide bonds. The predicted molar refractivity (Wildman–Crippen MR) is 74.5 cm³/mol. The molecule has 0 radical (unpaired) electrons. The first-order chi connectivity index (χ1) is 9.11. The van der Waals surface area contributed by atoms with Gasteiger partial charge in [-0.3, -0.25) is 4.79 Å². The highest BCUT2D eigenvalue weighted by Crippen LogP contribution is 2.20. The van der Waals surface area contributed by atoms with Crippen molar-refractivity contribution in [1.29, 1.82) is 0 Å². The summed E-state index contributed by atoms with van der Waals surface area (Å²) < 4.78 is 4.59. The number of nitrogen functional groups attached to an aromatic ring is 1. The van der Waals surface area contributed by atoms with E-state index in [1.54, 1.807) is 35.7 Å². The third-order valence-electron chi connectivity index (χ3n) is 2.50. The van der Waals surface area contributed by atoms with Gasteiger partial charge < -0.3 is 15.8 Å². The molecule has 0 aliphatic heterocycles. The summed E-state index contributed by atoms with van der Waals surface area (Å²) >= 11 is 1.31. The zero-order valence-corrected chi connectivity index (χ0v) is 11.0. The predicted octanol–water partition coefficient (Wildman–Crippen LogP) is 2.37. The number of ether oxygens (including phenoxy) is 1. The van der Waals surface area contributed by atoms with Crippen molar-refractivity contribution >= 4 is 33.9 Å². The van der Waals surface area contributed by atoms with E-state index in [1.165, 1.54) is 18.4 Å². The Morgan fingerprint density at radius 1 is 1.21 bits per heavy atom. The molecule has 0 fully saturated rings. The number of nitrogens with one attached hydrogen (secondary N) is 1. The van der Waals surface area contributed by atoms with Crippen LogP contribution >= 0.6 is 11.3 Å². The molecule has 0 atom stereocenters. The van der Waals surface area contributed by atoms with Crippen LogP contribution in [0.25, 0.3) is 0 Å². The van der Waals surface area contributed by atoms with Gasteiger partial charge in [0.05, 0.1) is 23.2 Å². The van der Waals surface area contributed by atoms with Crippen molar-refractivity contribution in [2.75, 3.05) is 18.2 Å². The number of rotatable bonds is 3. The number of amides is 1. The van der Waals surface area contributed by atoms with Crippen molar-refractivity contribution in [3.8, 4) is 0 Å². The fourth-order valence-electron chi connectivity index (χ4n) is 1.51. The number of benzene rings is 1. The Balaban J connectivity index is 2.10. The van der Waals surface area contributed by atoms with Crippen molar-refractivity contribution in [3.05, 3.63) is 46.8 Å². The van der Waals surface area contributed by atoms with E-state index in [-0.39, 0.29) is 5.91 Å². The van der Waals surface area contributed by atoms with E-state index in [4.69, 9.17) is 5.73 Å². The van der Waals surface area contributed by atoms with Gasteiger partial charge in [-0.25, -0.2) is 4.79 Å². The van der Waals surface area contributed by atoms with Gasteiger partial charge in [0.15, 0.2) is 0 Å². The van der Waals surface area contributed by atoms with Gasteiger partial charge in [0.2, 0.25) is 0 Å². The molecule has 6 heteroatoms. The lowest BCUT2D eigenvalue weighted by Crippen LogP contribution is -2.12. The Kier molecular flexibility index (Phi) is 3.82. The quantitative estimate of drug-likeness (QED) is 0.843. The second-order valence-corrected chi connectivity index (χ2v) is 4.67. The Hall–Kier alpha value is -2.34. The molecule has 0 saturated carbocycles. The molecule has 19 heavy (non-hydrogen) atoms. The molecule has 0 aliphatic rings. The van der Waals surface area contributed by atoms with E-state index in [0.717, 1.165) is 0 Å². The lowest BCUT2D eigenvalue weighted by molar-refractivity contribution is 0.0600. The summed E-state index contributed by atoms with van der Waals surface area (Å²) in [5.74, 6) is -0.690. The summed E-state index contributed by atoms with van der Waals surface area (Å²) in [5.41, 5.74) is 7.13. The van der Waals surface area contributed by atoms with Crippen LogP contribution in [0.3, 0.4) is 0 Å². The van der Waals surface area contributed by atoms with E-state index in [2.05, 4.69) is 10.1 Å². The lowest BCUT2D eigenvalue weighted by atomic mass is 10.2. The third-order valence-corrected chi connectivity index (χ3v) is 3.25. The van der Waals surface area contributed by atoms with Crippen molar-refractivity contribution in [3.63, 3.8) is 0 Å². The van der Waals surface area contributed by atoms with E-state index in [9.17, 15) is 9.59 Å². The molecule has 1 aromatic carbocycles. The lowest BCUT2D eigenvalue weighted by Gasteiger charge is -2.05. The average molecular weight is 276 g/mol. The monoisotopic (exact) mass is 276 g/mol. The molecular weight excluding hydrogens is 264 g/mol. The van der Waals surface area contributed by atoms with Crippen molar-refractivity contribution in [1.82, 2.24) is 0 Å². The average Bonchev–Trinajstić information content (AvgIpc) is 2.85. The summed E-state index contributed by atoms with van der Waals surface area (Å²) in [6.45, 7) is 0. The molecule has 0 bridgehead atoms. The summed E-state index contributed by atoms with van der Waals surface area (Å²) in [7, 11) is 1.32. The third kappa shape index (κ3) is 2.92. The number of anilines is 2. The topological polar surface area (TPSA) is 81.4 Å². The second kappa shape index (κ2) is 5.53. The SMILES string of the molecule is COC(=O)c1ccc(NC(=O)c2ccsc2N)cc1. The van der Waals surface area contributed by atoms with Crippen molar-refractivity contribution < 1.29 is 14.3 Å². The van der Waals surface area contributed by atoms with Gasteiger partial charge in [0.1, 0.15) is 0 Å². The number of hydrogen-bond acceptors (Lipinski definition) is 5. The van der Waals surface area contributed by atoms with Gasteiger partial charge in [0.25, 0.3) is 5.91 Å². The van der Waals surface area contributed by atoms with Crippen LogP contribution < -0.4 is 11.1 Å². The Labute approximate surface area is 114 Å². The smallest absolute Gasteiger partial charge is 0.337 e. The van der Waals surface area contributed by atoms with Crippen molar-refractivity contribution in [2.45, 2.75) is 0 Å².